The van der Waals surface area contributed by atoms with Crippen LogP contribution in [-0.4, -0.2) is 39.7 Å². The zero-order valence-corrected chi connectivity index (χ0v) is 17.9. The summed E-state index contributed by atoms with van der Waals surface area (Å²) in [6, 6.07) is 3.79. The molecule has 0 radical (unpaired) electrons. The molecule has 1 aromatic rings. The average molecular weight is 540 g/mol. The lowest BCUT2D eigenvalue weighted by atomic mass is 10.2. The molecule has 2 N–H and O–H groups in total. The smallest absolute Gasteiger partial charge is 0.305 e. The second-order valence-electron chi connectivity index (χ2n) is 5.32. The van der Waals surface area contributed by atoms with E-state index in [1.807, 2.05) is 26.0 Å². The third-order valence-electron chi connectivity index (χ3n) is 2.87. The number of amidine groups is 1. The van der Waals surface area contributed by atoms with Gasteiger partial charge in [-0.1, -0.05) is 27.7 Å². The number of nitrogens with one attached hydrogen (secondary N) is 1. The van der Waals surface area contributed by atoms with E-state index >= 15 is 0 Å². The normalized spacial score (nSPS) is 19.0. The molecule has 1 amide bonds. The van der Waals surface area contributed by atoms with Gasteiger partial charge in [0.05, 0.1) is 22.3 Å². The minimum Gasteiger partial charge on any atom is -0.489 e. The predicted molar refractivity (Wildman–Crippen MR) is 109 cm³/mol. The van der Waals surface area contributed by atoms with Crippen molar-refractivity contribution in [3.63, 3.8) is 0 Å². The van der Waals surface area contributed by atoms with Crippen LogP contribution < -0.4 is 10.1 Å². The number of thioether (sulfide) groups is 1. The molecule has 10 heteroatoms. The highest BCUT2D eigenvalue weighted by atomic mass is 127. The summed E-state index contributed by atoms with van der Waals surface area (Å²) in [6.07, 6.45) is 1.29. The molecule has 1 heterocycles. The van der Waals surface area contributed by atoms with Crippen molar-refractivity contribution in [2.24, 2.45) is 10.2 Å². The first-order valence-corrected chi connectivity index (χ1v) is 9.97. The van der Waals surface area contributed by atoms with Crippen molar-refractivity contribution in [3.05, 3.63) is 25.7 Å². The third-order valence-corrected chi connectivity index (χ3v) is 5.20. The second-order valence-corrected chi connectivity index (χ2v) is 8.59. The fourth-order valence-electron chi connectivity index (χ4n) is 1.92. The van der Waals surface area contributed by atoms with Gasteiger partial charge in [-0.2, -0.15) is 5.10 Å². The molecule has 134 valence electrons. The minimum absolute atomic E-state index is 0.00890. The zero-order chi connectivity index (χ0) is 18.6. The number of benzene rings is 1. The summed E-state index contributed by atoms with van der Waals surface area (Å²) >= 11 is 6.67. The summed E-state index contributed by atoms with van der Waals surface area (Å²) < 4.78 is 7.64. The number of halogens is 2. The molecule has 1 aliphatic heterocycles. The molecule has 2 rings (SSSR count). The van der Waals surface area contributed by atoms with Gasteiger partial charge in [0.25, 0.3) is 0 Å². The van der Waals surface area contributed by atoms with Crippen molar-refractivity contribution in [2.45, 2.75) is 31.6 Å². The van der Waals surface area contributed by atoms with E-state index in [-0.39, 0.29) is 23.6 Å². The van der Waals surface area contributed by atoms with Crippen LogP contribution in [0.4, 0.5) is 0 Å². The van der Waals surface area contributed by atoms with Crippen LogP contribution in [-0.2, 0) is 9.59 Å². The minimum atomic E-state index is -1.03. The van der Waals surface area contributed by atoms with Gasteiger partial charge in [-0.15, -0.1) is 5.10 Å². The van der Waals surface area contributed by atoms with Crippen LogP contribution in [0.3, 0.4) is 0 Å². The Morgan fingerprint density at radius 2 is 2.28 bits per heavy atom. The van der Waals surface area contributed by atoms with Gasteiger partial charge in [0.1, 0.15) is 11.0 Å². The topological polar surface area (TPSA) is 100 Å². The highest BCUT2D eigenvalue weighted by Crippen LogP contribution is 2.30. The van der Waals surface area contributed by atoms with Gasteiger partial charge in [0.2, 0.25) is 5.91 Å². The number of rotatable bonds is 6. The quantitative estimate of drug-likeness (QED) is 0.328. The molecule has 1 unspecified atom stereocenters. The largest absolute Gasteiger partial charge is 0.489 e. The first-order chi connectivity index (χ1) is 11.8. The van der Waals surface area contributed by atoms with Crippen LogP contribution in [0.2, 0.25) is 0 Å². The van der Waals surface area contributed by atoms with Crippen LogP contribution in [0, 0.1) is 3.57 Å². The summed E-state index contributed by atoms with van der Waals surface area (Å²) in [5.74, 6) is -0.701. The lowest BCUT2D eigenvalue weighted by Gasteiger charge is -2.14. The van der Waals surface area contributed by atoms with Crippen LogP contribution in [0.15, 0.2) is 26.8 Å². The van der Waals surface area contributed by atoms with Crippen LogP contribution in [0.1, 0.15) is 25.8 Å². The standard InChI is InChI=1S/C15H15BrIN3O4S/c1-7(2)24-13-8(3-9(16)4-10(13)17)6-18-20-15-19-14(23)11(25-15)5-12(21)22/h3-4,6-7,11H,5H2,1-2H3,(H,21,22)(H,19,20,23). The van der Waals surface area contributed by atoms with E-state index in [1.165, 1.54) is 6.21 Å². The Kier molecular flexibility index (Phi) is 7.25. The molecule has 0 spiro atoms. The molecule has 25 heavy (non-hydrogen) atoms. The molecule has 1 aliphatic rings. The molecule has 7 nitrogen and oxygen atoms in total. The Hall–Kier alpha value is -1.14. The van der Waals surface area contributed by atoms with Gasteiger partial charge in [-0.3, -0.25) is 9.59 Å². The van der Waals surface area contributed by atoms with E-state index < -0.39 is 11.2 Å². The van der Waals surface area contributed by atoms with E-state index in [2.05, 4.69) is 54.0 Å². The van der Waals surface area contributed by atoms with Crippen molar-refractivity contribution < 1.29 is 19.4 Å². The van der Waals surface area contributed by atoms with Crippen molar-refractivity contribution in [3.8, 4) is 5.75 Å². The molecular weight excluding hydrogens is 525 g/mol. The number of carbonyl (C=O) groups is 2. The molecule has 1 fully saturated rings. The van der Waals surface area contributed by atoms with E-state index in [0.717, 1.165) is 25.4 Å². The van der Waals surface area contributed by atoms with Gasteiger partial charge in [0.15, 0.2) is 5.17 Å². The van der Waals surface area contributed by atoms with Crippen LogP contribution >= 0.6 is 50.3 Å². The van der Waals surface area contributed by atoms with Gasteiger partial charge < -0.3 is 15.2 Å². The lowest BCUT2D eigenvalue weighted by molar-refractivity contribution is -0.138. The molecule has 0 aliphatic carbocycles. The summed E-state index contributed by atoms with van der Waals surface area (Å²) in [5.41, 5.74) is 0.744. The maximum Gasteiger partial charge on any atom is 0.305 e. The fourth-order valence-corrected chi connectivity index (χ4v) is 4.52. The zero-order valence-electron chi connectivity index (χ0n) is 13.3. The Balaban J connectivity index is 2.17. The van der Waals surface area contributed by atoms with E-state index in [0.29, 0.717) is 5.75 Å². The van der Waals surface area contributed by atoms with Crippen molar-refractivity contribution in [1.82, 2.24) is 5.32 Å². The average Bonchev–Trinajstić information content (AvgIpc) is 2.81. The van der Waals surface area contributed by atoms with Crippen molar-refractivity contribution in [1.29, 1.82) is 0 Å². The Bertz CT molecular complexity index is 755. The van der Waals surface area contributed by atoms with E-state index in [4.69, 9.17) is 9.84 Å². The van der Waals surface area contributed by atoms with Crippen molar-refractivity contribution in [2.75, 3.05) is 0 Å². The lowest BCUT2D eigenvalue weighted by Crippen LogP contribution is -2.26. The van der Waals surface area contributed by atoms with Gasteiger partial charge >= 0.3 is 5.97 Å². The molecule has 1 atom stereocenters. The number of nitrogens with zero attached hydrogens (tertiary/aromatic N) is 2. The number of aliphatic carboxylic acids is 1. The molecule has 0 aromatic heterocycles. The molecule has 1 aromatic carbocycles. The Labute approximate surface area is 171 Å². The fraction of sp³-hybridized carbons (Fsp3) is 0.333. The first kappa shape index (κ1) is 20.2. The number of hydrogen-bond acceptors (Lipinski definition) is 6. The van der Waals surface area contributed by atoms with Crippen LogP contribution in [0.5, 0.6) is 5.75 Å². The highest BCUT2D eigenvalue weighted by molar-refractivity contribution is 14.1. The maximum atomic E-state index is 11.7. The third kappa shape index (κ3) is 5.96. The summed E-state index contributed by atoms with van der Waals surface area (Å²) in [4.78, 5) is 22.4. The summed E-state index contributed by atoms with van der Waals surface area (Å²) in [6.45, 7) is 3.87. The van der Waals surface area contributed by atoms with Gasteiger partial charge in [0, 0.05) is 10.0 Å². The monoisotopic (exact) mass is 539 g/mol. The number of amides is 1. The van der Waals surface area contributed by atoms with Crippen LogP contribution in [0.25, 0.3) is 0 Å². The number of ether oxygens (including phenoxy) is 1. The van der Waals surface area contributed by atoms with Crippen molar-refractivity contribution >= 4 is 73.5 Å². The second kappa shape index (κ2) is 8.99. The number of hydrogen-bond donors (Lipinski definition) is 2. The highest BCUT2D eigenvalue weighted by Gasteiger charge is 2.32. The predicted octanol–water partition coefficient (Wildman–Crippen LogP) is 3.24. The number of carboxylic acids is 1. The molecule has 0 saturated carbocycles. The molecular formula is C15H15BrIN3O4S. The summed E-state index contributed by atoms with van der Waals surface area (Å²) in [5, 5.41) is 18.8. The first-order valence-electron chi connectivity index (χ1n) is 7.22. The Morgan fingerprint density at radius 1 is 1.56 bits per heavy atom. The van der Waals surface area contributed by atoms with E-state index in [1.54, 1.807) is 0 Å². The number of carboxylic acid groups (broad SMARTS) is 1. The number of carbonyl (C=O) groups excluding carboxylic acids is 1. The Morgan fingerprint density at radius 3 is 2.92 bits per heavy atom. The van der Waals surface area contributed by atoms with E-state index in [9.17, 15) is 9.59 Å². The maximum absolute atomic E-state index is 11.7. The summed E-state index contributed by atoms with van der Waals surface area (Å²) in [7, 11) is 0. The SMILES string of the molecule is CC(C)Oc1c(I)cc(Br)cc1C=NN=C1NC(=O)C(CC(=O)O)S1. The van der Waals surface area contributed by atoms with Gasteiger partial charge in [-0.25, -0.2) is 0 Å². The van der Waals surface area contributed by atoms with Gasteiger partial charge in [-0.05, 0) is 48.6 Å². The molecule has 0 bridgehead atoms. The molecule has 1 saturated heterocycles.